The third kappa shape index (κ3) is 6.05. The lowest BCUT2D eigenvalue weighted by Crippen LogP contribution is -2.20. The summed E-state index contributed by atoms with van der Waals surface area (Å²) in [6.45, 7) is -0.636. The zero-order valence-electron chi connectivity index (χ0n) is 13.4. The number of esters is 1. The minimum Gasteiger partial charge on any atom is -0.452 e. The fourth-order valence-electron chi connectivity index (χ4n) is 1.91. The highest BCUT2D eigenvalue weighted by Crippen LogP contribution is 2.22. The van der Waals surface area contributed by atoms with Crippen LogP contribution in [0.15, 0.2) is 42.5 Å². The number of rotatable bonds is 6. The molecule has 140 valence electrons. The van der Waals surface area contributed by atoms with E-state index in [2.05, 4.69) is 5.32 Å². The number of nitro groups is 1. The summed E-state index contributed by atoms with van der Waals surface area (Å²) in [7, 11) is 0. The number of ether oxygens (including phenoxy) is 1. The Labute approximate surface area is 162 Å². The number of halogens is 3. The maximum atomic E-state index is 13.2. The van der Waals surface area contributed by atoms with Crippen LogP contribution < -0.4 is 5.32 Å². The number of nitro benzene ring substituents is 1. The number of carbonyl (C=O) groups excluding carboxylic acids is 2. The van der Waals surface area contributed by atoms with Crippen molar-refractivity contribution >= 4 is 52.5 Å². The van der Waals surface area contributed by atoms with Crippen LogP contribution in [-0.4, -0.2) is 23.4 Å². The molecule has 2 aromatic rings. The largest absolute Gasteiger partial charge is 0.452 e. The summed E-state index contributed by atoms with van der Waals surface area (Å²) in [5.74, 6) is -2.58. The van der Waals surface area contributed by atoms with Crippen LogP contribution in [0, 0.1) is 15.9 Å². The molecule has 0 aliphatic carbocycles. The number of anilines is 1. The van der Waals surface area contributed by atoms with Gasteiger partial charge in [0.15, 0.2) is 6.61 Å². The fraction of sp³-hybridized carbons (Fsp3) is 0.0588. The van der Waals surface area contributed by atoms with Crippen LogP contribution in [0.4, 0.5) is 15.8 Å². The van der Waals surface area contributed by atoms with E-state index in [0.29, 0.717) is 15.6 Å². The van der Waals surface area contributed by atoms with Gasteiger partial charge in [-0.25, -0.2) is 4.79 Å². The molecule has 0 heterocycles. The number of amides is 1. The molecule has 0 saturated heterocycles. The third-order valence-corrected chi connectivity index (χ3v) is 3.70. The first-order valence-corrected chi connectivity index (χ1v) is 8.05. The summed E-state index contributed by atoms with van der Waals surface area (Å²) in [4.78, 5) is 33.1. The molecule has 27 heavy (non-hydrogen) atoms. The first-order valence-electron chi connectivity index (χ1n) is 7.30. The molecular weight excluding hydrogens is 402 g/mol. The Hall–Kier alpha value is -2.97. The molecule has 0 fully saturated rings. The van der Waals surface area contributed by atoms with Crippen LogP contribution in [0.1, 0.15) is 5.56 Å². The van der Waals surface area contributed by atoms with E-state index in [1.54, 1.807) is 12.1 Å². The van der Waals surface area contributed by atoms with Gasteiger partial charge in [0, 0.05) is 27.9 Å². The van der Waals surface area contributed by atoms with Crippen molar-refractivity contribution in [3.05, 3.63) is 74.0 Å². The predicted molar refractivity (Wildman–Crippen MR) is 98.1 cm³/mol. The van der Waals surface area contributed by atoms with Crippen molar-refractivity contribution in [1.82, 2.24) is 0 Å². The summed E-state index contributed by atoms with van der Waals surface area (Å²) in [6.07, 6.45) is 2.47. The zero-order valence-corrected chi connectivity index (χ0v) is 15.0. The lowest BCUT2D eigenvalue weighted by molar-refractivity contribution is -0.387. The van der Waals surface area contributed by atoms with Gasteiger partial charge in [0.2, 0.25) is 5.82 Å². The minimum atomic E-state index is -1.03. The second-order valence-corrected chi connectivity index (χ2v) is 5.92. The van der Waals surface area contributed by atoms with Gasteiger partial charge in [-0.15, -0.1) is 0 Å². The number of benzene rings is 2. The van der Waals surface area contributed by atoms with E-state index in [0.717, 1.165) is 24.3 Å². The van der Waals surface area contributed by atoms with Crippen LogP contribution in [-0.2, 0) is 14.3 Å². The normalized spacial score (nSPS) is 10.6. The molecule has 0 aliphatic rings. The molecule has 10 heteroatoms. The molecule has 0 radical (unpaired) electrons. The second kappa shape index (κ2) is 9.11. The van der Waals surface area contributed by atoms with E-state index in [1.165, 1.54) is 12.1 Å². The highest BCUT2D eigenvalue weighted by Gasteiger charge is 2.15. The van der Waals surface area contributed by atoms with Crippen LogP contribution in [0.2, 0.25) is 10.0 Å². The number of hydrogen-bond acceptors (Lipinski definition) is 5. The molecule has 0 saturated carbocycles. The van der Waals surface area contributed by atoms with Crippen LogP contribution in [0.25, 0.3) is 6.08 Å². The van der Waals surface area contributed by atoms with Crippen molar-refractivity contribution in [2.75, 3.05) is 11.9 Å². The van der Waals surface area contributed by atoms with Crippen molar-refractivity contribution in [2.45, 2.75) is 0 Å². The van der Waals surface area contributed by atoms with E-state index < -0.39 is 34.9 Å². The first kappa shape index (κ1) is 20.3. The van der Waals surface area contributed by atoms with E-state index in [-0.39, 0.29) is 5.69 Å². The maximum Gasteiger partial charge on any atom is 0.331 e. The second-order valence-electron chi connectivity index (χ2n) is 5.08. The van der Waals surface area contributed by atoms with Gasteiger partial charge in [-0.05, 0) is 35.9 Å². The van der Waals surface area contributed by atoms with Gasteiger partial charge < -0.3 is 10.1 Å². The Balaban J connectivity index is 1.89. The zero-order chi connectivity index (χ0) is 20.0. The quantitative estimate of drug-likeness (QED) is 0.331. The van der Waals surface area contributed by atoms with Gasteiger partial charge in [-0.2, -0.15) is 4.39 Å². The summed E-state index contributed by atoms with van der Waals surface area (Å²) in [5, 5.41) is 13.7. The van der Waals surface area contributed by atoms with E-state index in [4.69, 9.17) is 27.9 Å². The van der Waals surface area contributed by atoms with Gasteiger partial charge in [0.05, 0.1) is 4.92 Å². The molecule has 2 rings (SSSR count). The van der Waals surface area contributed by atoms with E-state index in [1.807, 2.05) is 0 Å². The van der Waals surface area contributed by atoms with Gasteiger partial charge in [0.25, 0.3) is 5.91 Å². The average molecular weight is 413 g/mol. The molecule has 7 nitrogen and oxygen atoms in total. The third-order valence-electron chi connectivity index (χ3n) is 3.13. The Kier molecular flexibility index (Phi) is 6.86. The molecule has 0 spiro atoms. The summed E-state index contributed by atoms with van der Waals surface area (Å²) < 4.78 is 18.0. The number of hydrogen-bond donors (Lipinski definition) is 1. The summed E-state index contributed by atoms with van der Waals surface area (Å²) in [6, 6.07) is 7.54. The summed E-state index contributed by atoms with van der Waals surface area (Å²) in [5.41, 5.74) is -0.263. The Morgan fingerprint density at radius 3 is 2.63 bits per heavy atom. The van der Waals surface area contributed by atoms with E-state index in [9.17, 15) is 24.1 Å². The molecule has 1 N–H and O–H groups in total. The average Bonchev–Trinajstić information content (AvgIpc) is 2.60. The number of nitrogens with one attached hydrogen (secondary N) is 1. The molecule has 2 aromatic carbocycles. The molecule has 0 unspecified atom stereocenters. The van der Waals surface area contributed by atoms with Gasteiger partial charge in [0.1, 0.15) is 0 Å². The van der Waals surface area contributed by atoms with Gasteiger partial charge in [-0.3, -0.25) is 14.9 Å². The van der Waals surface area contributed by atoms with Crippen molar-refractivity contribution in [1.29, 1.82) is 0 Å². The topological polar surface area (TPSA) is 98.5 Å². The van der Waals surface area contributed by atoms with Gasteiger partial charge in [-0.1, -0.05) is 29.3 Å². The molecule has 0 aromatic heterocycles. The molecular formula is C17H11Cl2FN2O5. The van der Waals surface area contributed by atoms with Crippen LogP contribution >= 0.6 is 23.2 Å². The Bertz CT molecular complexity index is 934. The lowest BCUT2D eigenvalue weighted by atomic mass is 10.2. The maximum absolute atomic E-state index is 13.2. The highest BCUT2D eigenvalue weighted by atomic mass is 35.5. The van der Waals surface area contributed by atoms with Crippen molar-refractivity contribution in [2.24, 2.45) is 0 Å². The Morgan fingerprint density at radius 2 is 1.96 bits per heavy atom. The predicted octanol–water partition coefficient (Wildman–Crippen LogP) is 4.24. The van der Waals surface area contributed by atoms with Crippen molar-refractivity contribution < 1.29 is 23.6 Å². The monoisotopic (exact) mass is 412 g/mol. The Morgan fingerprint density at radius 1 is 1.22 bits per heavy atom. The molecule has 0 atom stereocenters. The van der Waals surface area contributed by atoms with Crippen molar-refractivity contribution in [3.63, 3.8) is 0 Å². The van der Waals surface area contributed by atoms with Crippen LogP contribution in [0.5, 0.6) is 0 Å². The standard InChI is InChI=1S/C17H11Cl2FN2O5/c18-11-3-1-10(13(19)7-11)2-6-17(24)27-9-16(23)21-12-4-5-14(20)15(8-12)22(25)26/h1-8H,9H2,(H,21,23)/b6-2+. The lowest BCUT2D eigenvalue weighted by Gasteiger charge is -2.05. The number of carbonyl (C=O) groups is 2. The van der Waals surface area contributed by atoms with Gasteiger partial charge >= 0.3 is 11.7 Å². The number of nitrogens with zero attached hydrogens (tertiary/aromatic N) is 1. The summed E-state index contributed by atoms with van der Waals surface area (Å²) >= 11 is 11.7. The minimum absolute atomic E-state index is 0.00682. The van der Waals surface area contributed by atoms with Crippen molar-refractivity contribution in [3.8, 4) is 0 Å². The smallest absolute Gasteiger partial charge is 0.331 e. The molecule has 0 bridgehead atoms. The van der Waals surface area contributed by atoms with E-state index >= 15 is 0 Å². The highest BCUT2D eigenvalue weighted by molar-refractivity contribution is 6.35. The SMILES string of the molecule is O=C(COC(=O)/C=C/c1ccc(Cl)cc1Cl)Nc1ccc(F)c([N+](=O)[O-])c1. The molecule has 1 amide bonds. The fourth-order valence-corrected chi connectivity index (χ4v) is 2.38. The first-order chi connectivity index (χ1) is 12.8. The van der Waals surface area contributed by atoms with Crippen LogP contribution in [0.3, 0.4) is 0 Å². The molecule has 0 aliphatic heterocycles.